The van der Waals surface area contributed by atoms with Crippen LogP contribution in [0, 0.1) is 0 Å². The van der Waals surface area contributed by atoms with Gasteiger partial charge in [0.1, 0.15) is 0 Å². The van der Waals surface area contributed by atoms with Gasteiger partial charge in [0, 0.05) is 45.1 Å². The largest absolute Gasteiger partial charge is 0.381 e. The molecule has 0 aromatic carbocycles. The van der Waals surface area contributed by atoms with Crippen LogP contribution in [0.4, 0.5) is 0 Å². The van der Waals surface area contributed by atoms with Crippen LogP contribution < -0.4 is 10.6 Å². The summed E-state index contributed by atoms with van der Waals surface area (Å²) in [5.74, 6) is 3.36. The Hall–Kier alpha value is -0.500. The van der Waals surface area contributed by atoms with Gasteiger partial charge in [-0.3, -0.25) is 9.89 Å². The molecule has 2 heterocycles. The Balaban J connectivity index is 1.79. The van der Waals surface area contributed by atoms with Crippen LogP contribution in [0.1, 0.15) is 39.5 Å². The molecule has 0 spiro atoms. The molecule has 0 amide bonds. The number of morpholine rings is 1. The zero-order valence-corrected chi connectivity index (χ0v) is 17.5. The third-order valence-electron chi connectivity index (χ3n) is 5.04. The SMILES string of the molecule is CCCCOCCCNC(=NCC1(N2CCOCC2)CCSC1)NCC. The molecule has 6 nitrogen and oxygen atoms in total. The van der Waals surface area contributed by atoms with E-state index < -0.39 is 0 Å². The lowest BCUT2D eigenvalue weighted by atomic mass is 9.96. The van der Waals surface area contributed by atoms with E-state index in [1.807, 2.05) is 0 Å². The molecular weight excluding hydrogens is 348 g/mol. The lowest BCUT2D eigenvalue weighted by Gasteiger charge is -2.42. The lowest BCUT2D eigenvalue weighted by Crippen LogP contribution is -2.56. The van der Waals surface area contributed by atoms with Crippen LogP contribution in [0.3, 0.4) is 0 Å². The first-order chi connectivity index (χ1) is 12.8. The first kappa shape index (κ1) is 21.8. The van der Waals surface area contributed by atoms with Gasteiger partial charge in [-0.25, -0.2) is 0 Å². The Labute approximate surface area is 163 Å². The van der Waals surface area contributed by atoms with Gasteiger partial charge in [0.15, 0.2) is 5.96 Å². The number of unbranched alkanes of at least 4 members (excludes halogenated alkanes) is 1. The third kappa shape index (κ3) is 7.25. The zero-order chi connectivity index (χ0) is 18.5. The number of thioether (sulfide) groups is 1. The normalized spacial score (nSPS) is 24.8. The van der Waals surface area contributed by atoms with Crippen molar-refractivity contribution >= 4 is 17.7 Å². The van der Waals surface area contributed by atoms with E-state index in [1.54, 1.807) is 0 Å². The Morgan fingerprint density at radius 2 is 2.00 bits per heavy atom. The average Bonchev–Trinajstić information content (AvgIpc) is 3.16. The number of ether oxygens (including phenoxy) is 2. The number of hydrogen-bond acceptors (Lipinski definition) is 5. The van der Waals surface area contributed by atoms with Gasteiger partial charge in [-0.05, 0) is 31.9 Å². The Morgan fingerprint density at radius 1 is 1.19 bits per heavy atom. The minimum Gasteiger partial charge on any atom is -0.381 e. The second-order valence-corrected chi connectivity index (χ2v) is 8.17. The van der Waals surface area contributed by atoms with E-state index >= 15 is 0 Å². The van der Waals surface area contributed by atoms with Crippen molar-refractivity contribution in [1.29, 1.82) is 0 Å². The summed E-state index contributed by atoms with van der Waals surface area (Å²) in [5, 5.41) is 6.85. The highest BCUT2D eigenvalue weighted by molar-refractivity contribution is 7.99. The van der Waals surface area contributed by atoms with Crippen LogP contribution in [0.25, 0.3) is 0 Å². The lowest BCUT2D eigenvalue weighted by molar-refractivity contribution is -0.0104. The van der Waals surface area contributed by atoms with Crippen LogP contribution >= 0.6 is 11.8 Å². The number of rotatable bonds is 11. The molecule has 1 atom stereocenters. The maximum Gasteiger partial charge on any atom is 0.191 e. The zero-order valence-electron chi connectivity index (χ0n) is 16.7. The maximum atomic E-state index is 5.63. The number of hydrogen-bond donors (Lipinski definition) is 2. The first-order valence-electron chi connectivity index (χ1n) is 10.3. The number of nitrogens with one attached hydrogen (secondary N) is 2. The molecule has 2 aliphatic rings. The van der Waals surface area contributed by atoms with Gasteiger partial charge < -0.3 is 20.1 Å². The number of aliphatic imine (C=N–C) groups is 1. The van der Waals surface area contributed by atoms with Crippen LogP contribution in [-0.2, 0) is 9.47 Å². The van der Waals surface area contributed by atoms with Crippen LogP contribution in [0.2, 0.25) is 0 Å². The fraction of sp³-hybridized carbons (Fsp3) is 0.947. The van der Waals surface area contributed by atoms with E-state index in [4.69, 9.17) is 14.5 Å². The van der Waals surface area contributed by atoms with Gasteiger partial charge in [-0.1, -0.05) is 13.3 Å². The highest BCUT2D eigenvalue weighted by Gasteiger charge is 2.40. The predicted molar refractivity (Wildman–Crippen MR) is 111 cm³/mol. The summed E-state index contributed by atoms with van der Waals surface area (Å²) in [6.45, 7) is 12.4. The standard InChI is InChI=1S/C19H38N4O2S/c1-3-5-11-24-12-6-8-21-18(20-4-2)22-16-19(7-15-26-17-19)23-9-13-25-14-10-23/h3-17H2,1-2H3,(H2,20,21,22). The van der Waals surface area contributed by atoms with Gasteiger partial charge in [0.05, 0.1) is 25.3 Å². The quantitative estimate of drug-likeness (QED) is 0.322. The summed E-state index contributed by atoms with van der Waals surface area (Å²) in [6, 6.07) is 0. The molecule has 152 valence electrons. The minimum atomic E-state index is 0.208. The second kappa shape index (κ2) is 12.8. The van der Waals surface area contributed by atoms with Gasteiger partial charge in [-0.2, -0.15) is 11.8 Å². The first-order valence-corrected chi connectivity index (χ1v) is 11.5. The summed E-state index contributed by atoms with van der Waals surface area (Å²) >= 11 is 2.06. The van der Waals surface area contributed by atoms with E-state index in [2.05, 4.69) is 41.1 Å². The van der Waals surface area contributed by atoms with Gasteiger partial charge in [-0.15, -0.1) is 0 Å². The Bertz CT molecular complexity index is 397. The van der Waals surface area contributed by atoms with Crippen LogP contribution in [0.5, 0.6) is 0 Å². The van der Waals surface area contributed by atoms with Crippen molar-refractivity contribution in [3.05, 3.63) is 0 Å². The summed E-state index contributed by atoms with van der Waals surface area (Å²) in [5.41, 5.74) is 0.208. The van der Waals surface area contributed by atoms with Gasteiger partial charge in [0.25, 0.3) is 0 Å². The summed E-state index contributed by atoms with van der Waals surface area (Å²) in [6.07, 6.45) is 4.59. The van der Waals surface area contributed by atoms with Crippen molar-refractivity contribution in [3.63, 3.8) is 0 Å². The van der Waals surface area contributed by atoms with Crippen molar-refractivity contribution in [3.8, 4) is 0 Å². The maximum absolute atomic E-state index is 5.63. The molecule has 0 bridgehead atoms. The molecule has 2 saturated heterocycles. The molecule has 0 radical (unpaired) electrons. The minimum absolute atomic E-state index is 0.208. The monoisotopic (exact) mass is 386 g/mol. The van der Waals surface area contributed by atoms with Crippen LogP contribution in [0.15, 0.2) is 4.99 Å². The smallest absolute Gasteiger partial charge is 0.191 e. The molecular formula is C19H38N4O2S. The predicted octanol–water partition coefficient (Wildman–Crippen LogP) is 1.96. The van der Waals surface area contributed by atoms with Gasteiger partial charge in [0.2, 0.25) is 0 Å². The van der Waals surface area contributed by atoms with Crippen molar-refractivity contribution in [2.24, 2.45) is 4.99 Å². The molecule has 0 aliphatic carbocycles. The molecule has 2 fully saturated rings. The summed E-state index contributed by atoms with van der Waals surface area (Å²) in [4.78, 5) is 7.56. The summed E-state index contributed by atoms with van der Waals surface area (Å²) < 4.78 is 11.2. The number of guanidine groups is 1. The van der Waals surface area contributed by atoms with Crippen molar-refractivity contribution in [2.45, 2.75) is 45.1 Å². The van der Waals surface area contributed by atoms with Crippen molar-refractivity contribution < 1.29 is 9.47 Å². The average molecular weight is 387 g/mol. The molecule has 2 N–H and O–H groups in total. The Morgan fingerprint density at radius 3 is 2.69 bits per heavy atom. The fourth-order valence-corrected chi connectivity index (χ4v) is 4.87. The Kier molecular flexibility index (Phi) is 10.7. The highest BCUT2D eigenvalue weighted by Crippen LogP contribution is 2.34. The van der Waals surface area contributed by atoms with Crippen molar-refractivity contribution in [2.75, 3.05) is 70.7 Å². The van der Waals surface area contributed by atoms with E-state index in [-0.39, 0.29) is 5.54 Å². The van der Waals surface area contributed by atoms with E-state index in [0.29, 0.717) is 0 Å². The van der Waals surface area contributed by atoms with Gasteiger partial charge >= 0.3 is 0 Å². The van der Waals surface area contributed by atoms with E-state index in [0.717, 1.165) is 78.0 Å². The van der Waals surface area contributed by atoms with Crippen LogP contribution in [-0.4, -0.2) is 87.1 Å². The third-order valence-corrected chi connectivity index (χ3v) is 6.27. The topological polar surface area (TPSA) is 58.1 Å². The van der Waals surface area contributed by atoms with E-state index in [1.165, 1.54) is 24.3 Å². The molecule has 2 rings (SSSR count). The van der Waals surface area contributed by atoms with E-state index in [9.17, 15) is 0 Å². The fourth-order valence-electron chi connectivity index (χ4n) is 3.41. The molecule has 0 aromatic rings. The summed E-state index contributed by atoms with van der Waals surface area (Å²) in [7, 11) is 0. The molecule has 1 unspecified atom stereocenters. The molecule has 7 heteroatoms. The molecule has 0 aromatic heterocycles. The second-order valence-electron chi connectivity index (χ2n) is 7.07. The molecule has 26 heavy (non-hydrogen) atoms. The number of nitrogens with zero attached hydrogens (tertiary/aromatic N) is 2. The highest BCUT2D eigenvalue weighted by atomic mass is 32.2. The molecule has 2 aliphatic heterocycles. The van der Waals surface area contributed by atoms with Crippen molar-refractivity contribution in [1.82, 2.24) is 15.5 Å². The molecule has 0 saturated carbocycles.